The number of ether oxygens (including phenoxy) is 1. The van der Waals surface area contributed by atoms with Crippen molar-refractivity contribution >= 4 is 0 Å². The molecule has 0 saturated heterocycles. The molecule has 2 rings (SSSR count). The molecule has 1 aliphatic rings. The van der Waals surface area contributed by atoms with Gasteiger partial charge in [0, 0.05) is 19.1 Å². The third-order valence-corrected chi connectivity index (χ3v) is 3.65. The minimum Gasteiger partial charge on any atom is -0.497 e. The first-order valence-electron chi connectivity index (χ1n) is 6.33. The molecule has 0 spiro atoms. The summed E-state index contributed by atoms with van der Waals surface area (Å²) >= 11 is 0. The standard InChI is InChI=1S/C14H22N2O/c1-16(9-8-15)14-5-3-4-11-6-7-12(17-2)10-13(11)14/h6-7,10,14H,3-5,8-9,15H2,1-2H3. The van der Waals surface area contributed by atoms with Gasteiger partial charge in [-0.1, -0.05) is 6.07 Å². The van der Waals surface area contributed by atoms with Crippen molar-refractivity contribution in [1.29, 1.82) is 0 Å². The third kappa shape index (κ3) is 2.61. The molecular formula is C14H22N2O. The number of likely N-dealkylation sites (N-methyl/N-ethyl adjacent to an activating group) is 1. The Hall–Kier alpha value is -1.06. The molecule has 3 nitrogen and oxygen atoms in total. The fourth-order valence-corrected chi connectivity index (χ4v) is 2.70. The Balaban J connectivity index is 2.28. The molecule has 1 aromatic carbocycles. The largest absolute Gasteiger partial charge is 0.497 e. The summed E-state index contributed by atoms with van der Waals surface area (Å²) in [5.74, 6) is 0.955. The van der Waals surface area contributed by atoms with Gasteiger partial charge in [-0.15, -0.1) is 0 Å². The summed E-state index contributed by atoms with van der Waals surface area (Å²) in [5.41, 5.74) is 8.53. The van der Waals surface area contributed by atoms with Gasteiger partial charge in [-0.05, 0) is 49.6 Å². The number of methoxy groups -OCH3 is 1. The van der Waals surface area contributed by atoms with E-state index in [2.05, 4.69) is 30.1 Å². The van der Waals surface area contributed by atoms with Crippen LogP contribution in [-0.4, -0.2) is 32.1 Å². The van der Waals surface area contributed by atoms with Crippen molar-refractivity contribution in [3.05, 3.63) is 29.3 Å². The zero-order valence-electron chi connectivity index (χ0n) is 10.8. The lowest BCUT2D eigenvalue weighted by molar-refractivity contribution is 0.226. The molecule has 2 N–H and O–H groups in total. The molecule has 0 amide bonds. The molecule has 0 saturated carbocycles. The molecule has 94 valence electrons. The van der Waals surface area contributed by atoms with Crippen LogP contribution in [0.15, 0.2) is 18.2 Å². The predicted octanol–water partition coefficient (Wildman–Crippen LogP) is 1.96. The summed E-state index contributed by atoms with van der Waals surface area (Å²) in [4.78, 5) is 2.36. The van der Waals surface area contributed by atoms with Gasteiger partial charge in [0.05, 0.1) is 7.11 Å². The number of hydrogen-bond donors (Lipinski definition) is 1. The number of nitrogens with zero attached hydrogens (tertiary/aromatic N) is 1. The molecule has 0 heterocycles. The van der Waals surface area contributed by atoms with Gasteiger partial charge in [0.25, 0.3) is 0 Å². The number of hydrogen-bond acceptors (Lipinski definition) is 3. The molecule has 1 aromatic rings. The Morgan fingerprint density at radius 1 is 1.47 bits per heavy atom. The van der Waals surface area contributed by atoms with Crippen molar-refractivity contribution in [2.45, 2.75) is 25.3 Å². The van der Waals surface area contributed by atoms with Gasteiger partial charge in [0.15, 0.2) is 0 Å². The van der Waals surface area contributed by atoms with Crippen LogP contribution < -0.4 is 10.5 Å². The first-order valence-corrected chi connectivity index (χ1v) is 6.33. The lowest BCUT2D eigenvalue weighted by Gasteiger charge is -2.33. The maximum absolute atomic E-state index is 5.65. The van der Waals surface area contributed by atoms with Crippen molar-refractivity contribution in [2.75, 3.05) is 27.2 Å². The van der Waals surface area contributed by atoms with Crippen LogP contribution in [0.25, 0.3) is 0 Å². The SMILES string of the molecule is COc1ccc2c(c1)C(N(C)CCN)CCC2. The van der Waals surface area contributed by atoms with E-state index >= 15 is 0 Å². The number of rotatable bonds is 4. The molecule has 1 aliphatic carbocycles. The van der Waals surface area contributed by atoms with E-state index in [-0.39, 0.29) is 0 Å². The molecule has 17 heavy (non-hydrogen) atoms. The number of fused-ring (bicyclic) bond motifs is 1. The van der Waals surface area contributed by atoms with Gasteiger partial charge in [-0.2, -0.15) is 0 Å². The second kappa shape index (κ2) is 5.52. The lowest BCUT2D eigenvalue weighted by Crippen LogP contribution is -2.32. The van der Waals surface area contributed by atoms with Crippen LogP contribution in [0.2, 0.25) is 0 Å². The molecule has 0 aromatic heterocycles. The van der Waals surface area contributed by atoms with Crippen LogP contribution in [0.5, 0.6) is 5.75 Å². The van der Waals surface area contributed by atoms with E-state index < -0.39 is 0 Å². The summed E-state index contributed by atoms with van der Waals surface area (Å²) in [7, 11) is 3.88. The summed E-state index contributed by atoms with van der Waals surface area (Å²) < 4.78 is 5.33. The average Bonchev–Trinajstić information content (AvgIpc) is 2.37. The predicted molar refractivity (Wildman–Crippen MR) is 70.4 cm³/mol. The van der Waals surface area contributed by atoms with Crippen molar-refractivity contribution in [2.24, 2.45) is 5.73 Å². The average molecular weight is 234 g/mol. The van der Waals surface area contributed by atoms with Gasteiger partial charge < -0.3 is 10.5 Å². The quantitative estimate of drug-likeness (QED) is 0.865. The number of benzene rings is 1. The highest BCUT2D eigenvalue weighted by atomic mass is 16.5. The minimum absolute atomic E-state index is 0.498. The van der Waals surface area contributed by atoms with E-state index in [0.29, 0.717) is 12.6 Å². The van der Waals surface area contributed by atoms with Gasteiger partial charge in [-0.3, -0.25) is 4.90 Å². The minimum atomic E-state index is 0.498. The fraction of sp³-hybridized carbons (Fsp3) is 0.571. The molecule has 1 atom stereocenters. The Bertz CT molecular complexity index is 378. The summed E-state index contributed by atoms with van der Waals surface area (Å²) in [5, 5.41) is 0. The number of aryl methyl sites for hydroxylation is 1. The van der Waals surface area contributed by atoms with E-state index in [1.54, 1.807) is 7.11 Å². The van der Waals surface area contributed by atoms with Gasteiger partial charge in [0.2, 0.25) is 0 Å². The third-order valence-electron chi connectivity index (χ3n) is 3.65. The van der Waals surface area contributed by atoms with Crippen molar-refractivity contribution in [3.63, 3.8) is 0 Å². The maximum Gasteiger partial charge on any atom is 0.119 e. The van der Waals surface area contributed by atoms with Crippen LogP contribution in [0, 0.1) is 0 Å². The Morgan fingerprint density at radius 2 is 2.29 bits per heavy atom. The molecule has 0 aliphatic heterocycles. The zero-order valence-corrected chi connectivity index (χ0v) is 10.8. The second-order valence-corrected chi connectivity index (χ2v) is 4.74. The maximum atomic E-state index is 5.65. The molecule has 0 radical (unpaired) electrons. The number of nitrogens with two attached hydrogens (primary N) is 1. The topological polar surface area (TPSA) is 38.5 Å². The van der Waals surface area contributed by atoms with Crippen molar-refractivity contribution in [3.8, 4) is 5.75 Å². The Morgan fingerprint density at radius 3 is 3.00 bits per heavy atom. The molecule has 3 heteroatoms. The van der Waals surface area contributed by atoms with Crippen LogP contribution in [0.4, 0.5) is 0 Å². The van der Waals surface area contributed by atoms with Crippen LogP contribution in [-0.2, 0) is 6.42 Å². The summed E-state index contributed by atoms with van der Waals surface area (Å²) in [6.45, 7) is 1.66. The molecule has 0 fully saturated rings. The van der Waals surface area contributed by atoms with Crippen LogP contribution >= 0.6 is 0 Å². The lowest BCUT2D eigenvalue weighted by atomic mass is 9.87. The van der Waals surface area contributed by atoms with E-state index in [9.17, 15) is 0 Å². The molecule has 0 bridgehead atoms. The Kier molecular flexibility index (Phi) is 4.02. The monoisotopic (exact) mass is 234 g/mol. The second-order valence-electron chi connectivity index (χ2n) is 4.74. The van der Waals surface area contributed by atoms with Gasteiger partial charge >= 0.3 is 0 Å². The highest BCUT2D eigenvalue weighted by Gasteiger charge is 2.23. The smallest absolute Gasteiger partial charge is 0.119 e. The fourth-order valence-electron chi connectivity index (χ4n) is 2.70. The molecule has 1 unspecified atom stereocenters. The zero-order chi connectivity index (χ0) is 12.3. The van der Waals surface area contributed by atoms with E-state index in [4.69, 9.17) is 10.5 Å². The highest BCUT2D eigenvalue weighted by Crippen LogP contribution is 2.35. The highest BCUT2D eigenvalue weighted by molar-refractivity contribution is 5.39. The van der Waals surface area contributed by atoms with Crippen LogP contribution in [0.1, 0.15) is 30.0 Å². The Labute approximate surface area is 104 Å². The summed E-state index contributed by atoms with van der Waals surface area (Å²) in [6.07, 6.45) is 3.67. The summed E-state index contributed by atoms with van der Waals surface area (Å²) in [6, 6.07) is 6.95. The van der Waals surface area contributed by atoms with E-state index in [1.165, 1.54) is 30.4 Å². The first kappa shape index (κ1) is 12.4. The first-order chi connectivity index (χ1) is 8.26. The van der Waals surface area contributed by atoms with Gasteiger partial charge in [0.1, 0.15) is 5.75 Å². The van der Waals surface area contributed by atoms with E-state index in [0.717, 1.165) is 12.3 Å². The van der Waals surface area contributed by atoms with Gasteiger partial charge in [-0.25, -0.2) is 0 Å². The van der Waals surface area contributed by atoms with Crippen molar-refractivity contribution in [1.82, 2.24) is 4.90 Å². The molecular weight excluding hydrogens is 212 g/mol. The van der Waals surface area contributed by atoms with E-state index in [1.807, 2.05) is 0 Å². The van der Waals surface area contributed by atoms with Crippen LogP contribution in [0.3, 0.4) is 0 Å². The van der Waals surface area contributed by atoms with Crippen molar-refractivity contribution < 1.29 is 4.74 Å². The normalized spacial score (nSPS) is 19.2.